The van der Waals surface area contributed by atoms with Crippen molar-refractivity contribution in [1.82, 2.24) is 5.32 Å². The second-order valence-electron chi connectivity index (χ2n) is 4.59. The van der Waals surface area contributed by atoms with E-state index in [1.165, 1.54) is 0 Å². The summed E-state index contributed by atoms with van der Waals surface area (Å²) in [5.74, 6) is -1.45. The number of nitrogens with two attached hydrogens (primary N) is 1. The molecule has 1 unspecified atom stereocenters. The van der Waals surface area contributed by atoms with Crippen LogP contribution in [-0.4, -0.2) is 11.4 Å². The Balaban J connectivity index is 2.65. The summed E-state index contributed by atoms with van der Waals surface area (Å²) < 4.78 is 26.2. The maximum atomic E-state index is 13.3. The molecule has 0 aromatic heterocycles. The third kappa shape index (κ3) is 3.77. The third-order valence-corrected chi connectivity index (χ3v) is 2.74. The predicted octanol–water partition coefficient (Wildman–Crippen LogP) is 2.10. The fraction of sp³-hybridized carbons (Fsp3) is 0.462. The highest BCUT2D eigenvalue weighted by Gasteiger charge is 2.26. The first-order valence-corrected chi connectivity index (χ1v) is 5.88. The zero-order valence-corrected chi connectivity index (χ0v) is 10.6. The van der Waals surface area contributed by atoms with E-state index in [9.17, 15) is 13.6 Å². The number of carbonyl (C=O) groups excluding carboxylic acids is 1. The third-order valence-electron chi connectivity index (χ3n) is 2.74. The fourth-order valence-electron chi connectivity index (χ4n) is 1.69. The summed E-state index contributed by atoms with van der Waals surface area (Å²) in [6, 6.07) is 3.12. The number of nitrogens with one attached hydrogen (secondary N) is 1. The second kappa shape index (κ2) is 5.91. The molecule has 5 heteroatoms. The van der Waals surface area contributed by atoms with Crippen molar-refractivity contribution < 1.29 is 13.6 Å². The van der Waals surface area contributed by atoms with Crippen LogP contribution in [0.3, 0.4) is 0 Å². The van der Waals surface area contributed by atoms with Gasteiger partial charge in [-0.05, 0) is 31.5 Å². The van der Waals surface area contributed by atoms with Crippen LogP contribution in [0.25, 0.3) is 0 Å². The molecule has 0 aliphatic heterocycles. The van der Waals surface area contributed by atoms with E-state index < -0.39 is 17.2 Å². The lowest BCUT2D eigenvalue weighted by molar-refractivity contribution is -0.126. The fourth-order valence-corrected chi connectivity index (χ4v) is 1.69. The molecule has 0 heterocycles. The van der Waals surface area contributed by atoms with E-state index in [4.69, 9.17) is 5.73 Å². The molecule has 100 valence electrons. The standard InChI is InChI=1S/C13H18F2N2O/c1-3-6-13(2,16)12(18)17-8-9-7-10(14)4-5-11(9)15/h4-5,7H,3,6,8,16H2,1-2H3,(H,17,18). The molecule has 3 nitrogen and oxygen atoms in total. The Kier molecular flexibility index (Phi) is 4.78. The first kappa shape index (κ1) is 14.6. The number of hydrogen-bond donors (Lipinski definition) is 2. The van der Waals surface area contributed by atoms with Gasteiger partial charge in [0.15, 0.2) is 0 Å². The molecule has 0 aliphatic rings. The summed E-state index contributed by atoms with van der Waals surface area (Å²) in [5, 5.41) is 2.52. The van der Waals surface area contributed by atoms with Gasteiger partial charge >= 0.3 is 0 Å². The molecule has 0 saturated carbocycles. The van der Waals surface area contributed by atoms with Crippen LogP contribution >= 0.6 is 0 Å². The Hall–Kier alpha value is -1.49. The van der Waals surface area contributed by atoms with Crippen molar-refractivity contribution in [3.05, 3.63) is 35.4 Å². The summed E-state index contributed by atoms with van der Waals surface area (Å²) in [5.41, 5.74) is 4.94. The van der Waals surface area contributed by atoms with Gasteiger partial charge in [0, 0.05) is 12.1 Å². The van der Waals surface area contributed by atoms with Crippen LogP contribution in [0.1, 0.15) is 32.3 Å². The highest BCUT2D eigenvalue weighted by Crippen LogP contribution is 2.11. The zero-order chi connectivity index (χ0) is 13.8. The summed E-state index contributed by atoms with van der Waals surface area (Å²) in [6.45, 7) is 3.47. The van der Waals surface area contributed by atoms with Crippen molar-refractivity contribution in [1.29, 1.82) is 0 Å². The first-order chi connectivity index (χ1) is 8.36. The van der Waals surface area contributed by atoms with Gasteiger partial charge in [-0.15, -0.1) is 0 Å². The Morgan fingerprint density at radius 2 is 2.11 bits per heavy atom. The van der Waals surface area contributed by atoms with Crippen LogP contribution in [0.4, 0.5) is 8.78 Å². The number of hydrogen-bond acceptors (Lipinski definition) is 2. The van der Waals surface area contributed by atoms with Crippen LogP contribution in [0.15, 0.2) is 18.2 Å². The van der Waals surface area contributed by atoms with Gasteiger partial charge < -0.3 is 11.1 Å². The lowest BCUT2D eigenvalue weighted by Gasteiger charge is -2.22. The highest BCUT2D eigenvalue weighted by molar-refractivity contribution is 5.85. The van der Waals surface area contributed by atoms with E-state index in [0.29, 0.717) is 6.42 Å². The smallest absolute Gasteiger partial charge is 0.240 e. The van der Waals surface area contributed by atoms with Crippen molar-refractivity contribution in [3.8, 4) is 0 Å². The zero-order valence-electron chi connectivity index (χ0n) is 10.6. The molecule has 18 heavy (non-hydrogen) atoms. The van der Waals surface area contributed by atoms with Crippen LogP contribution in [0.2, 0.25) is 0 Å². The van der Waals surface area contributed by atoms with Crippen LogP contribution in [0, 0.1) is 11.6 Å². The van der Waals surface area contributed by atoms with Crippen LogP contribution in [-0.2, 0) is 11.3 Å². The minimum absolute atomic E-state index is 0.0705. The topological polar surface area (TPSA) is 55.1 Å². The Morgan fingerprint density at radius 1 is 1.44 bits per heavy atom. The number of carbonyl (C=O) groups is 1. The Labute approximate surface area is 105 Å². The number of benzene rings is 1. The highest BCUT2D eigenvalue weighted by atomic mass is 19.1. The summed E-state index contributed by atoms with van der Waals surface area (Å²) in [7, 11) is 0. The van der Waals surface area contributed by atoms with E-state index in [-0.39, 0.29) is 18.0 Å². The predicted molar refractivity (Wildman–Crippen MR) is 65.7 cm³/mol. The first-order valence-electron chi connectivity index (χ1n) is 5.88. The molecule has 1 amide bonds. The minimum atomic E-state index is -0.988. The molecule has 1 atom stereocenters. The van der Waals surface area contributed by atoms with Gasteiger partial charge in [-0.3, -0.25) is 4.79 Å². The lowest BCUT2D eigenvalue weighted by atomic mass is 9.96. The maximum absolute atomic E-state index is 13.3. The Bertz CT molecular complexity index is 433. The van der Waals surface area contributed by atoms with Crippen molar-refractivity contribution in [2.24, 2.45) is 5.73 Å². The van der Waals surface area contributed by atoms with Crippen molar-refractivity contribution in [2.75, 3.05) is 0 Å². The summed E-state index contributed by atoms with van der Waals surface area (Å²) >= 11 is 0. The van der Waals surface area contributed by atoms with Gasteiger partial charge in [0.2, 0.25) is 5.91 Å². The minimum Gasteiger partial charge on any atom is -0.350 e. The molecule has 0 fully saturated rings. The van der Waals surface area contributed by atoms with E-state index in [1.54, 1.807) is 6.92 Å². The average Bonchev–Trinajstić information content (AvgIpc) is 2.29. The summed E-state index contributed by atoms with van der Waals surface area (Å²) in [4.78, 5) is 11.8. The molecule has 0 radical (unpaired) electrons. The van der Waals surface area contributed by atoms with E-state index in [0.717, 1.165) is 24.6 Å². The second-order valence-corrected chi connectivity index (χ2v) is 4.59. The molecular weight excluding hydrogens is 238 g/mol. The van der Waals surface area contributed by atoms with Crippen LogP contribution in [0.5, 0.6) is 0 Å². The van der Waals surface area contributed by atoms with E-state index in [1.807, 2.05) is 6.92 Å². The molecule has 1 aromatic carbocycles. The van der Waals surface area contributed by atoms with Gasteiger partial charge in [0.05, 0.1) is 5.54 Å². The van der Waals surface area contributed by atoms with Crippen molar-refractivity contribution in [3.63, 3.8) is 0 Å². The van der Waals surface area contributed by atoms with Gasteiger partial charge in [-0.2, -0.15) is 0 Å². The molecule has 0 aliphatic carbocycles. The monoisotopic (exact) mass is 256 g/mol. The van der Waals surface area contributed by atoms with Crippen molar-refractivity contribution >= 4 is 5.91 Å². The SMILES string of the molecule is CCCC(C)(N)C(=O)NCc1cc(F)ccc1F. The van der Waals surface area contributed by atoms with E-state index >= 15 is 0 Å². The molecule has 0 saturated heterocycles. The molecular formula is C13H18F2N2O. The molecule has 0 spiro atoms. The Morgan fingerprint density at radius 3 is 2.72 bits per heavy atom. The normalized spacial score (nSPS) is 14.1. The molecule has 3 N–H and O–H groups in total. The number of rotatable bonds is 5. The number of amides is 1. The van der Waals surface area contributed by atoms with Gasteiger partial charge in [-0.1, -0.05) is 13.3 Å². The molecule has 0 bridgehead atoms. The van der Waals surface area contributed by atoms with Gasteiger partial charge in [0.1, 0.15) is 11.6 Å². The van der Waals surface area contributed by atoms with Gasteiger partial charge in [-0.25, -0.2) is 8.78 Å². The van der Waals surface area contributed by atoms with E-state index in [2.05, 4.69) is 5.32 Å². The largest absolute Gasteiger partial charge is 0.350 e. The molecule has 1 aromatic rings. The maximum Gasteiger partial charge on any atom is 0.240 e. The lowest BCUT2D eigenvalue weighted by Crippen LogP contribution is -2.51. The molecule has 1 rings (SSSR count). The quantitative estimate of drug-likeness (QED) is 0.847. The average molecular weight is 256 g/mol. The van der Waals surface area contributed by atoms with Crippen LogP contribution < -0.4 is 11.1 Å². The van der Waals surface area contributed by atoms with Crippen molar-refractivity contribution in [2.45, 2.75) is 38.8 Å². The van der Waals surface area contributed by atoms with Gasteiger partial charge in [0.25, 0.3) is 0 Å². The number of halogens is 2. The summed E-state index contributed by atoms with van der Waals surface area (Å²) in [6.07, 6.45) is 1.30.